The fourth-order valence-corrected chi connectivity index (χ4v) is 2.72. The minimum absolute atomic E-state index is 0.0130. The zero-order valence-electron chi connectivity index (χ0n) is 12.8. The number of thiophene rings is 1. The van der Waals surface area contributed by atoms with E-state index in [9.17, 15) is 4.79 Å². The third-order valence-electron chi connectivity index (χ3n) is 3.09. The molecule has 2 N–H and O–H groups in total. The number of hydrogen-bond donors (Lipinski definition) is 2. The third-order valence-corrected chi connectivity index (χ3v) is 4.08. The Bertz CT molecular complexity index is 584. The van der Waals surface area contributed by atoms with Crippen LogP contribution in [0.25, 0.3) is 0 Å². The molecule has 6 heteroatoms. The molecule has 0 saturated heterocycles. The summed E-state index contributed by atoms with van der Waals surface area (Å²) in [7, 11) is 0. The van der Waals surface area contributed by atoms with Gasteiger partial charge in [0.05, 0.1) is 6.04 Å². The van der Waals surface area contributed by atoms with E-state index in [-0.39, 0.29) is 17.5 Å². The first kappa shape index (κ1) is 15.6. The first-order valence-corrected chi connectivity index (χ1v) is 7.86. The van der Waals surface area contributed by atoms with Gasteiger partial charge in [-0.25, -0.2) is 4.79 Å². The minimum Gasteiger partial charge on any atom is -0.359 e. The molecule has 2 heterocycles. The Labute approximate surface area is 128 Å². The number of anilines is 1. The van der Waals surface area contributed by atoms with Gasteiger partial charge in [0.1, 0.15) is 5.76 Å². The molecule has 1 atom stereocenters. The topological polar surface area (TPSA) is 67.2 Å². The van der Waals surface area contributed by atoms with Gasteiger partial charge in [0.15, 0.2) is 5.82 Å². The van der Waals surface area contributed by atoms with Crippen molar-refractivity contribution in [3.05, 3.63) is 34.2 Å². The van der Waals surface area contributed by atoms with E-state index in [1.165, 1.54) is 0 Å². The molecule has 2 aromatic rings. The van der Waals surface area contributed by atoms with Crippen LogP contribution in [0.5, 0.6) is 0 Å². The average Bonchev–Trinajstić information content (AvgIpc) is 3.05. The van der Waals surface area contributed by atoms with Gasteiger partial charge in [0, 0.05) is 16.4 Å². The van der Waals surface area contributed by atoms with Gasteiger partial charge in [-0.15, -0.1) is 11.3 Å². The van der Waals surface area contributed by atoms with Gasteiger partial charge in [-0.3, -0.25) is 5.32 Å². The number of rotatable bonds is 4. The second kappa shape index (κ2) is 6.30. The van der Waals surface area contributed by atoms with Crippen LogP contribution in [-0.4, -0.2) is 11.2 Å². The molecule has 2 amide bonds. The Morgan fingerprint density at radius 2 is 2.24 bits per heavy atom. The highest BCUT2D eigenvalue weighted by atomic mass is 32.1. The average molecular weight is 307 g/mol. The molecule has 0 radical (unpaired) electrons. The van der Waals surface area contributed by atoms with E-state index in [0.29, 0.717) is 5.82 Å². The predicted octanol–water partition coefficient (Wildman–Crippen LogP) is 4.31. The van der Waals surface area contributed by atoms with Gasteiger partial charge in [-0.1, -0.05) is 38.9 Å². The number of amides is 2. The number of urea groups is 1. The standard InChI is InChI=1S/C15H21N3O2S/c1-5-10(11-7-6-8-21-11)16-14(19)17-13-9-12(20-18-13)15(2,3)4/h6-10H,5H2,1-4H3,(H2,16,17,18,19). The first-order valence-electron chi connectivity index (χ1n) is 6.98. The second-order valence-corrected chi connectivity index (χ2v) is 6.88. The molecule has 0 aliphatic heterocycles. The molecule has 21 heavy (non-hydrogen) atoms. The lowest BCUT2D eigenvalue weighted by atomic mass is 9.93. The van der Waals surface area contributed by atoms with Crippen molar-refractivity contribution in [2.45, 2.75) is 45.6 Å². The van der Waals surface area contributed by atoms with Gasteiger partial charge in [-0.05, 0) is 17.9 Å². The highest BCUT2D eigenvalue weighted by molar-refractivity contribution is 7.10. The highest BCUT2D eigenvalue weighted by Crippen LogP contribution is 2.25. The lowest BCUT2D eigenvalue weighted by Gasteiger charge is -2.15. The number of carbonyl (C=O) groups is 1. The Morgan fingerprint density at radius 1 is 1.48 bits per heavy atom. The number of nitrogens with one attached hydrogen (secondary N) is 2. The van der Waals surface area contributed by atoms with Crippen molar-refractivity contribution in [3.8, 4) is 0 Å². The lowest BCUT2D eigenvalue weighted by Crippen LogP contribution is -2.32. The Kier molecular flexibility index (Phi) is 4.67. The maximum Gasteiger partial charge on any atom is 0.321 e. The van der Waals surface area contributed by atoms with Crippen molar-refractivity contribution in [1.29, 1.82) is 0 Å². The van der Waals surface area contributed by atoms with Crippen LogP contribution in [0.4, 0.5) is 10.6 Å². The van der Waals surface area contributed by atoms with Crippen LogP contribution in [0.15, 0.2) is 28.1 Å². The molecule has 0 aromatic carbocycles. The van der Waals surface area contributed by atoms with Crippen LogP contribution in [0, 0.1) is 0 Å². The summed E-state index contributed by atoms with van der Waals surface area (Å²) in [6.45, 7) is 8.13. The minimum atomic E-state index is -0.274. The van der Waals surface area contributed by atoms with Gasteiger partial charge in [-0.2, -0.15) is 0 Å². The molecular formula is C15H21N3O2S. The zero-order chi connectivity index (χ0) is 15.5. The molecule has 1 unspecified atom stereocenters. The Balaban J connectivity index is 1.97. The lowest BCUT2D eigenvalue weighted by molar-refractivity contribution is 0.248. The van der Waals surface area contributed by atoms with Crippen molar-refractivity contribution in [1.82, 2.24) is 10.5 Å². The summed E-state index contributed by atoms with van der Waals surface area (Å²) in [5, 5.41) is 11.5. The maximum absolute atomic E-state index is 12.0. The summed E-state index contributed by atoms with van der Waals surface area (Å²) in [4.78, 5) is 13.2. The van der Waals surface area contributed by atoms with Crippen LogP contribution >= 0.6 is 11.3 Å². The molecule has 0 fully saturated rings. The van der Waals surface area contributed by atoms with Gasteiger partial charge < -0.3 is 9.84 Å². The predicted molar refractivity (Wildman–Crippen MR) is 84.7 cm³/mol. The monoisotopic (exact) mass is 307 g/mol. The van der Waals surface area contributed by atoms with E-state index >= 15 is 0 Å². The number of hydrogen-bond acceptors (Lipinski definition) is 4. The molecule has 114 valence electrons. The van der Waals surface area contributed by atoms with Crippen LogP contribution in [0.3, 0.4) is 0 Å². The first-order chi connectivity index (χ1) is 9.90. The Hall–Kier alpha value is -1.82. The van der Waals surface area contributed by atoms with E-state index in [4.69, 9.17) is 4.52 Å². The summed E-state index contributed by atoms with van der Waals surface area (Å²) in [6, 6.07) is 5.50. The van der Waals surface area contributed by atoms with E-state index < -0.39 is 0 Å². The van der Waals surface area contributed by atoms with Crippen molar-refractivity contribution >= 4 is 23.2 Å². The molecule has 0 saturated carbocycles. The largest absolute Gasteiger partial charge is 0.359 e. The third kappa shape index (κ3) is 4.07. The van der Waals surface area contributed by atoms with Crippen LogP contribution in [0.2, 0.25) is 0 Å². The second-order valence-electron chi connectivity index (χ2n) is 5.90. The number of carbonyl (C=O) groups excluding carboxylic acids is 1. The van der Waals surface area contributed by atoms with Gasteiger partial charge in [0.25, 0.3) is 0 Å². The molecule has 0 aliphatic rings. The van der Waals surface area contributed by atoms with E-state index in [1.54, 1.807) is 17.4 Å². The molecule has 0 aliphatic carbocycles. The normalized spacial score (nSPS) is 13.0. The SMILES string of the molecule is CCC(NC(=O)Nc1cc(C(C)(C)C)on1)c1cccs1. The van der Waals surface area contributed by atoms with Crippen LogP contribution in [0.1, 0.15) is 50.8 Å². The molecule has 5 nitrogen and oxygen atoms in total. The van der Waals surface area contributed by atoms with Gasteiger partial charge >= 0.3 is 6.03 Å². The summed E-state index contributed by atoms with van der Waals surface area (Å²) in [5.41, 5.74) is -0.133. The summed E-state index contributed by atoms with van der Waals surface area (Å²) < 4.78 is 5.24. The van der Waals surface area contributed by atoms with E-state index in [2.05, 4.69) is 15.8 Å². The van der Waals surface area contributed by atoms with Crippen LogP contribution in [-0.2, 0) is 5.41 Å². The summed E-state index contributed by atoms with van der Waals surface area (Å²) >= 11 is 1.63. The van der Waals surface area contributed by atoms with Gasteiger partial charge in [0.2, 0.25) is 0 Å². The zero-order valence-corrected chi connectivity index (χ0v) is 13.6. The maximum atomic E-state index is 12.0. The molecule has 0 spiro atoms. The summed E-state index contributed by atoms with van der Waals surface area (Å²) in [6.07, 6.45) is 0.833. The van der Waals surface area contributed by atoms with Crippen molar-refractivity contribution < 1.29 is 9.32 Å². The van der Waals surface area contributed by atoms with E-state index in [0.717, 1.165) is 17.1 Å². The van der Waals surface area contributed by atoms with Crippen LogP contribution < -0.4 is 10.6 Å². The fourth-order valence-electron chi connectivity index (χ4n) is 1.86. The quantitative estimate of drug-likeness (QED) is 0.884. The number of nitrogens with zero attached hydrogens (tertiary/aromatic N) is 1. The smallest absolute Gasteiger partial charge is 0.321 e. The molecular weight excluding hydrogens is 286 g/mol. The summed E-state index contributed by atoms with van der Waals surface area (Å²) in [5.74, 6) is 1.17. The fraction of sp³-hybridized carbons (Fsp3) is 0.467. The van der Waals surface area contributed by atoms with Crippen molar-refractivity contribution in [2.24, 2.45) is 0 Å². The molecule has 2 rings (SSSR count). The Morgan fingerprint density at radius 3 is 2.76 bits per heavy atom. The number of aromatic nitrogens is 1. The van der Waals surface area contributed by atoms with Crippen molar-refractivity contribution in [2.75, 3.05) is 5.32 Å². The highest BCUT2D eigenvalue weighted by Gasteiger charge is 2.21. The van der Waals surface area contributed by atoms with E-state index in [1.807, 2.05) is 45.2 Å². The molecule has 0 bridgehead atoms. The molecule has 2 aromatic heterocycles. The van der Waals surface area contributed by atoms with Crippen molar-refractivity contribution in [3.63, 3.8) is 0 Å².